The van der Waals surface area contributed by atoms with Gasteiger partial charge in [0, 0.05) is 8.07 Å². The third kappa shape index (κ3) is 5.29. The molecular formula is C30H48B2Si. The molecule has 4 aliphatic rings. The summed E-state index contributed by atoms with van der Waals surface area (Å²) in [6.45, 7) is 9.79. The Morgan fingerprint density at radius 3 is 1.94 bits per heavy atom. The average molecular weight is 458 g/mol. The summed E-state index contributed by atoms with van der Waals surface area (Å²) in [6.07, 6.45) is 22.0. The summed E-state index contributed by atoms with van der Waals surface area (Å²) in [5, 5.41) is 0. The first-order chi connectivity index (χ1) is 16.0. The van der Waals surface area contributed by atoms with Gasteiger partial charge in [-0.05, 0) is 17.7 Å². The smallest absolute Gasteiger partial charge is 0.119 e. The number of allylic oxidation sites excluding steroid dienone is 1. The summed E-state index contributed by atoms with van der Waals surface area (Å²) in [7, 11) is -1.17. The molecule has 0 spiro atoms. The van der Waals surface area contributed by atoms with Crippen LogP contribution in [0, 0.1) is 11.8 Å². The van der Waals surface area contributed by atoms with Gasteiger partial charge in [-0.15, -0.1) is 12.1 Å². The van der Waals surface area contributed by atoms with Gasteiger partial charge in [0.15, 0.2) is 13.4 Å². The Labute approximate surface area is 207 Å². The SMILES string of the molecule is C[Si](C)(C)C1B(/C=C\CB2C3CCCC(CCC3)C2c2ccccc2)C2CCCC1CCC2. The van der Waals surface area contributed by atoms with Crippen molar-refractivity contribution in [2.75, 3.05) is 0 Å². The zero-order chi connectivity index (χ0) is 22.8. The van der Waals surface area contributed by atoms with Crippen molar-refractivity contribution in [3.05, 3.63) is 47.9 Å². The van der Waals surface area contributed by atoms with E-state index >= 15 is 0 Å². The predicted octanol–water partition coefficient (Wildman–Crippen LogP) is 9.35. The molecule has 2 unspecified atom stereocenters. The molecule has 4 fully saturated rings. The summed E-state index contributed by atoms with van der Waals surface area (Å²) in [5.74, 6) is 7.50. The number of benzene rings is 1. The number of hydrogen-bond acceptors (Lipinski definition) is 0. The molecule has 0 amide bonds. The quantitative estimate of drug-likeness (QED) is 0.386. The van der Waals surface area contributed by atoms with E-state index < -0.39 is 8.07 Å². The van der Waals surface area contributed by atoms with E-state index in [0.717, 1.165) is 48.2 Å². The van der Waals surface area contributed by atoms with E-state index in [4.69, 9.17) is 0 Å². The molecule has 33 heavy (non-hydrogen) atoms. The van der Waals surface area contributed by atoms with Crippen molar-refractivity contribution in [3.63, 3.8) is 0 Å². The highest BCUT2D eigenvalue weighted by Crippen LogP contribution is 2.52. The van der Waals surface area contributed by atoms with Gasteiger partial charge >= 0.3 is 0 Å². The molecule has 0 N–H and O–H groups in total. The minimum atomic E-state index is -1.17. The van der Waals surface area contributed by atoms with Crippen molar-refractivity contribution in [2.24, 2.45) is 11.8 Å². The normalized spacial score (nSPS) is 35.4. The Morgan fingerprint density at radius 1 is 0.758 bits per heavy atom. The van der Waals surface area contributed by atoms with Gasteiger partial charge in [-0.3, -0.25) is 0 Å². The van der Waals surface area contributed by atoms with Crippen LogP contribution in [0.3, 0.4) is 0 Å². The molecule has 4 heterocycles. The molecule has 4 saturated heterocycles. The fraction of sp³-hybridized carbons (Fsp3) is 0.733. The average Bonchev–Trinajstić information content (AvgIpc) is 3.18. The van der Waals surface area contributed by atoms with Crippen molar-refractivity contribution in [1.29, 1.82) is 0 Å². The van der Waals surface area contributed by atoms with E-state index in [1.165, 1.54) is 83.4 Å². The number of fused-ring (bicyclic) bond motifs is 6. The van der Waals surface area contributed by atoms with E-state index in [1.54, 1.807) is 5.56 Å². The van der Waals surface area contributed by atoms with Crippen LogP contribution in [-0.4, -0.2) is 21.5 Å². The Hall–Kier alpha value is -0.693. The fourth-order valence-electron chi connectivity index (χ4n) is 9.42. The Morgan fingerprint density at radius 2 is 1.33 bits per heavy atom. The number of rotatable bonds is 5. The van der Waals surface area contributed by atoms with Gasteiger partial charge in [0.1, 0.15) is 0 Å². The second kappa shape index (κ2) is 10.5. The lowest BCUT2D eigenvalue weighted by Crippen LogP contribution is -2.42. The summed E-state index contributed by atoms with van der Waals surface area (Å²) in [6, 6.07) is 11.7. The van der Waals surface area contributed by atoms with Crippen LogP contribution in [-0.2, 0) is 0 Å². The third-order valence-corrected chi connectivity index (χ3v) is 13.4. The van der Waals surface area contributed by atoms with E-state index in [9.17, 15) is 0 Å². The van der Waals surface area contributed by atoms with Crippen LogP contribution in [0.5, 0.6) is 0 Å². The Balaban J connectivity index is 1.41. The summed E-state index contributed by atoms with van der Waals surface area (Å²) in [5.41, 5.74) is 2.67. The lowest BCUT2D eigenvalue weighted by molar-refractivity contribution is 0.391. The van der Waals surface area contributed by atoms with Gasteiger partial charge in [-0.25, -0.2) is 0 Å². The van der Waals surface area contributed by atoms with Crippen LogP contribution >= 0.6 is 0 Å². The van der Waals surface area contributed by atoms with Crippen LogP contribution < -0.4 is 0 Å². The van der Waals surface area contributed by atoms with Crippen LogP contribution in [0.15, 0.2) is 42.4 Å². The van der Waals surface area contributed by atoms with E-state index in [-0.39, 0.29) is 0 Å². The van der Waals surface area contributed by atoms with Crippen molar-refractivity contribution in [2.45, 2.75) is 126 Å². The fourth-order valence-corrected chi connectivity index (χ4v) is 12.7. The second-order valence-electron chi connectivity index (χ2n) is 13.5. The van der Waals surface area contributed by atoms with Crippen LogP contribution in [0.2, 0.25) is 43.0 Å². The van der Waals surface area contributed by atoms with E-state index in [1.807, 2.05) is 0 Å². The lowest BCUT2D eigenvalue weighted by Gasteiger charge is -2.38. The van der Waals surface area contributed by atoms with Gasteiger partial charge in [0.05, 0.1) is 0 Å². The molecule has 5 rings (SSSR count). The largest absolute Gasteiger partial charge is 0.169 e. The molecule has 0 radical (unpaired) electrons. The molecule has 1 aromatic rings. The molecule has 0 aromatic heterocycles. The molecular weight excluding hydrogens is 410 g/mol. The maximum Gasteiger partial charge on any atom is 0.169 e. The minimum Gasteiger partial charge on any atom is -0.119 e. The van der Waals surface area contributed by atoms with Crippen LogP contribution in [0.1, 0.15) is 88.4 Å². The molecule has 4 aliphatic heterocycles. The van der Waals surface area contributed by atoms with Crippen LogP contribution in [0.25, 0.3) is 0 Å². The van der Waals surface area contributed by atoms with E-state index in [2.05, 4.69) is 62.0 Å². The number of hydrogen-bond donors (Lipinski definition) is 0. The van der Waals surface area contributed by atoms with Crippen molar-refractivity contribution < 1.29 is 0 Å². The molecule has 3 heteroatoms. The lowest BCUT2D eigenvalue weighted by atomic mass is 9.29. The Kier molecular flexibility index (Phi) is 7.65. The predicted molar refractivity (Wildman–Crippen MR) is 152 cm³/mol. The van der Waals surface area contributed by atoms with Gasteiger partial charge in [0.2, 0.25) is 0 Å². The highest BCUT2D eigenvalue weighted by Gasteiger charge is 2.46. The molecule has 1 aromatic carbocycles. The molecule has 0 saturated carbocycles. The first kappa shape index (κ1) is 24.0. The molecule has 0 aliphatic carbocycles. The molecule has 0 nitrogen and oxygen atoms in total. The summed E-state index contributed by atoms with van der Waals surface area (Å²) in [4.78, 5) is 0. The van der Waals surface area contributed by atoms with Crippen molar-refractivity contribution >= 4 is 21.5 Å². The van der Waals surface area contributed by atoms with Gasteiger partial charge < -0.3 is 0 Å². The first-order valence-electron chi connectivity index (χ1n) is 14.7. The van der Waals surface area contributed by atoms with Gasteiger partial charge in [-0.1, -0.05) is 156 Å². The highest BCUT2D eigenvalue weighted by molar-refractivity contribution is 6.92. The second-order valence-corrected chi connectivity index (χ2v) is 18.9. The zero-order valence-electron chi connectivity index (χ0n) is 21.9. The maximum absolute atomic E-state index is 2.83. The monoisotopic (exact) mass is 458 g/mol. The molecule has 178 valence electrons. The topological polar surface area (TPSA) is 0 Å². The van der Waals surface area contributed by atoms with Gasteiger partial charge in [0.25, 0.3) is 0 Å². The molecule has 4 bridgehead atoms. The Bertz CT molecular complexity index is 764. The first-order valence-corrected chi connectivity index (χ1v) is 18.3. The summed E-state index contributed by atoms with van der Waals surface area (Å²) < 4.78 is 0. The zero-order valence-corrected chi connectivity index (χ0v) is 22.9. The van der Waals surface area contributed by atoms with Crippen molar-refractivity contribution in [1.82, 2.24) is 0 Å². The maximum atomic E-state index is 2.83. The third-order valence-electron chi connectivity index (χ3n) is 10.6. The van der Waals surface area contributed by atoms with Gasteiger partial charge in [-0.2, -0.15) is 0 Å². The highest BCUT2D eigenvalue weighted by atomic mass is 28.3. The summed E-state index contributed by atoms with van der Waals surface area (Å²) >= 11 is 0. The van der Waals surface area contributed by atoms with Crippen LogP contribution in [0.4, 0.5) is 0 Å². The molecule has 2 atom stereocenters. The van der Waals surface area contributed by atoms with Crippen molar-refractivity contribution in [3.8, 4) is 0 Å². The standard InChI is InChI=1S/C30H48B2Si/c1-33(2,3)30-26-16-9-20-28(21-10-17-26)32(30)23-11-22-31-27-18-7-14-25(15-8-19-27)29(31)24-12-5-4-6-13-24/h4-6,11-13,23,25-30H,7-10,14-22H2,1-3H3/b23-11-. The minimum absolute atomic E-state index is 0.798. The van der Waals surface area contributed by atoms with E-state index in [0.29, 0.717) is 0 Å².